The normalized spacial score (nSPS) is 16.6. The summed E-state index contributed by atoms with van der Waals surface area (Å²) in [6, 6.07) is -1.20. The first-order valence-electron chi connectivity index (χ1n) is 3.34. The van der Waals surface area contributed by atoms with Gasteiger partial charge in [0, 0.05) is 7.05 Å². The number of hydrogen-bond acceptors (Lipinski definition) is 4. The highest BCUT2D eigenvalue weighted by atomic mass is 16.3. The molecular weight excluding hydrogens is 164 g/mol. The molecule has 0 radical (unpaired) electrons. The Hall–Kier alpha value is -1.66. The highest BCUT2D eigenvalue weighted by Crippen LogP contribution is 2.07. The van der Waals surface area contributed by atoms with Gasteiger partial charge in [-0.3, -0.25) is 0 Å². The number of nitrogens with one attached hydrogen (secondary N) is 1. The van der Waals surface area contributed by atoms with Gasteiger partial charge in [0.15, 0.2) is 0 Å². The summed E-state index contributed by atoms with van der Waals surface area (Å²) in [6.07, 6.45) is 0. The monoisotopic (exact) mass is 172 g/mol. The van der Waals surface area contributed by atoms with Crippen molar-refractivity contribution >= 4 is 12.1 Å². The van der Waals surface area contributed by atoms with Gasteiger partial charge in [-0.05, 0) is 0 Å². The first-order chi connectivity index (χ1) is 5.70. The minimum Gasteiger partial charge on any atom is -0.341 e. The van der Waals surface area contributed by atoms with Crippen molar-refractivity contribution in [3.63, 3.8) is 0 Å². The fraction of sp³-hybridized carbons (Fsp3) is 0.600. The van der Waals surface area contributed by atoms with E-state index in [0.29, 0.717) is 5.01 Å². The van der Waals surface area contributed by atoms with Crippen molar-refractivity contribution in [3.05, 3.63) is 4.91 Å². The van der Waals surface area contributed by atoms with Crippen molar-refractivity contribution in [1.29, 1.82) is 0 Å². The van der Waals surface area contributed by atoms with E-state index in [4.69, 9.17) is 0 Å². The Morgan fingerprint density at radius 3 is 2.67 bits per heavy atom. The molecule has 1 heterocycles. The molecule has 1 aliphatic heterocycles. The van der Waals surface area contributed by atoms with Crippen LogP contribution in [0.4, 0.5) is 9.59 Å². The third kappa shape index (κ3) is 1.20. The quantitative estimate of drug-likeness (QED) is 0.553. The second-order valence-electron chi connectivity index (χ2n) is 2.19. The highest BCUT2D eigenvalue weighted by molar-refractivity contribution is 5.94. The summed E-state index contributed by atoms with van der Waals surface area (Å²) in [7, 11) is 1.41. The van der Waals surface area contributed by atoms with Crippen LogP contribution in [-0.4, -0.2) is 42.1 Å². The fourth-order valence-corrected chi connectivity index (χ4v) is 0.924. The third-order valence-corrected chi connectivity index (χ3v) is 1.54. The maximum absolute atomic E-state index is 11.0. The van der Waals surface area contributed by atoms with Crippen molar-refractivity contribution in [2.45, 2.75) is 0 Å². The number of imide groups is 1. The van der Waals surface area contributed by atoms with Gasteiger partial charge in [-0.1, -0.05) is 0 Å². The molecule has 12 heavy (non-hydrogen) atoms. The van der Waals surface area contributed by atoms with Crippen LogP contribution in [-0.2, 0) is 0 Å². The maximum Gasteiger partial charge on any atom is 0.351 e. The largest absolute Gasteiger partial charge is 0.351 e. The molecule has 7 nitrogen and oxygen atoms in total. The van der Waals surface area contributed by atoms with Crippen molar-refractivity contribution in [2.24, 2.45) is 5.29 Å². The van der Waals surface area contributed by atoms with Gasteiger partial charge in [0.1, 0.15) is 0 Å². The molecule has 66 valence electrons. The molecule has 0 aromatic rings. The summed E-state index contributed by atoms with van der Waals surface area (Å²) in [5, 5.41) is 5.43. The van der Waals surface area contributed by atoms with Crippen molar-refractivity contribution in [1.82, 2.24) is 15.2 Å². The zero-order valence-corrected chi connectivity index (χ0v) is 6.48. The molecule has 0 atom stereocenters. The lowest BCUT2D eigenvalue weighted by Crippen LogP contribution is -2.40. The molecule has 1 N–H and O–H groups in total. The minimum atomic E-state index is -0.677. The minimum absolute atomic E-state index is 0.162. The van der Waals surface area contributed by atoms with Crippen LogP contribution in [0.2, 0.25) is 0 Å². The van der Waals surface area contributed by atoms with E-state index in [9.17, 15) is 14.5 Å². The summed E-state index contributed by atoms with van der Waals surface area (Å²) >= 11 is 0. The van der Waals surface area contributed by atoms with E-state index in [0.717, 1.165) is 4.90 Å². The Labute approximate surface area is 68.3 Å². The predicted octanol–water partition coefficient (Wildman–Crippen LogP) is -0.255. The van der Waals surface area contributed by atoms with Crippen LogP contribution in [0, 0.1) is 4.91 Å². The second kappa shape index (κ2) is 3.16. The molecule has 0 unspecified atom stereocenters. The van der Waals surface area contributed by atoms with Gasteiger partial charge >= 0.3 is 12.1 Å². The molecule has 0 aromatic heterocycles. The number of urea groups is 2. The van der Waals surface area contributed by atoms with Gasteiger partial charge in [0.05, 0.1) is 18.4 Å². The lowest BCUT2D eigenvalue weighted by molar-refractivity contribution is 0.186. The van der Waals surface area contributed by atoms with E-state index in [1.807, 2.05) is 0 Å². The number of hydrogen-bond donors (Lipinski definition) is 1. The summed E-state index contributed by atoms with van der Waals surface area (Å²) in [5.41, 5.74) is 0. The van der Waals surface area contributed by atoms with Crippen LogP contribution in [0.25, 0.3) is 0 Å². The van der Waals surface area contributed by atoms with E-state index in [1.165, 1.54) is 7.05 Å². The standard InChI is InChI=1S/C5H8N4O3/c1-6-4(10)8-2-3-9(7-12)5(8)11/h2-3H2,1H3,(H,6,10). The molecule has 0 saturated carbocycles. The lowest BCUT2D eigenvalue weighted by atomic mass is 10.6. The topological polar surface area (TPSA) is 82.1 Å². The highest BCUT2D eigenvalue weighted by Gasteiger charge is 2.33. The van der Waals surface area contributed by atoms with Crippen molar-refractivity contribution in [2.75, 3.05) is 20.1 Å². The van der Waals surface area contributed by atoms with Crippen LogP contribution < -0.4 is 5.32 Å². The zero-order valence-electron chi connectivity index (χ0n) is 6.48. The first kappa shape index (κ1) is 8.44. The van der Waals surface area contributed by atoms with E-state index in [2.05, 4.69) is 10.6 Å². The van der Waals surface area contributed by atoms with Gasteiger partial charge in [-0.2, -0.15) is 5.01 Å². The van der Waals surface area contributed by atoms with Gasteiger partial charge in [-0.25, -0.2) is 14.5 Å². The molecule has 1 rings (SSSR count). The van der Waals surface area contributed by atoms with Gasteiger partial charge in [0.2, 0.25) is 0 Å². The average molecular weight is 172 g/mol. The molecule has 0 bridgehead atoms. The van der Waals surface area contributed by atoms with Gasteiger partial charge in [0.25, 0.3) is 0 Å². The van der Waals surface area contributed by atoms with Crippen LogP contribution in [0.5, 0.6) is 0 Å². The van der Waals surface area contributed by atoms with Crippen LogP contribution in [0.3, 0.4) is 0 Å². The fourth-order valence-electron chi connectivity index (χ4n) is 0.924. The molecule has 0 aromatic carbocycles. The number of carbonyl (C=O) groups is 2. The number of rotatable bonds is 1. The molecule has 0 spiro atoms. The Bertz CT molecular complexity index is 229. The Kier molecular flexibility index (Phi) is 2.22. The number of nitroso groups, excluding NO2 is 1. The molecule has 0 aliphatic carbocycles. The number of carbonyl (C=O) groups excluding carboxylic acids is 2. The second-order valence-corrected chi connectivity index (χ2v) is 2.19. The van der Waals surface area contributed by atoms with E-state index < -0.39 is 12.1 Å². The molecule has 1 fully saturated rings. The van der Waals surface area contributed by atoms with Crippen LogP contribution >= 0.6 is 0 Å². The Morgan fingerprint density at radius 1 is 1.58 bits per heavy atom. The van der Waals surface area contributed by atoms with Crippen LogP contribution in [0.1, 0.15) is 0 Å². The SMILES string of the molecule is CNC(=O)N1CCN(N=O)C1=O. The van der Waals surface area contributed by atoms with Crippen molar-refractivity contribution < 1.29 is 9.59 Å². The van der Waals surface area contributed by atoms with Gasteiger partial charge < -0.3 is 5.32 Å². The zero-order chi connectivity index (χ0) is 9.14. The summed E-state index contributed by atoms with van der Waals surface area (Å²) < 4.78 is 0. The summed E-state index contributed by atoms with van der Waals surface area (Å²) in [5.74, 6) is 0. The maximum atomic E-state index is 11.0. The number of amides is 4. The molecule has 4 amide bonds. The third-order valence-electron chi connectivity index (χ3n) is 1.54. The Balaban J connectivity index is 2.66. The Morgan fingerprint density at radius 2 is 2.25 bits per heavy atom. The predicted molar refractivity (Wildman–Crippen MR) is 39.1 cm³/mol. The summed E-state index contributed by atoms with van der Waals surface area (Å²) in [6.45, 7) is 0.361. The molecular formula is C5H8N4O3. The number of nitrogens with zero attached hydrogens (tertiary/aromatic N) is 3. The average Bonchev–Trinajstić information content (AvgIpc) is 2.45. The lowest BCUT2D eigenvalue weighted by Gasteiger charge is -2.10. The van der Waals surface area contributed by atoms with E-state index in [-0.39, 0.29) is 13.1 Å². The van der Waals surface area contributed by atoms with E-state index >= 15 is 0 Å². The molecule has 1 aliphatic rings. The van der Waals surface area contributed by atoms with Crippen LogP contribution in [0.15, 0.2) is 5.29 Å². The first-order valence-corrected chi connectivity index (χ1v) is 3.34. The molecule has 7 heteroatoms. The molecule has 1 saturated heterocycles. The smallest absolute Gasteiger partial charge is 0.341 e. The van der Waals surface area contributed by atoms with E-state index in [1.54, 1.807) is 0 Å². The summed E-state index contributed by atoms with van der Waals surface area (Å²) in [4.78, 5) is 32.8. The van der Waals surface area contributed by atoms with Gasteiger partial charge in [-0.15, -0.1) is 4.91 Å². The van der Waals surface area contributed by atoms with Crippen molar-refractivity contribution in [3.8, 4) is 0 Å².